The first-order valence-electron chi connectivity index (χ1n) is 6.05. The average Bonchev–Trinajstić information content (AvgIpc) is 2.59. The first-order chi connectivity index (χ1) is 8.82. The fourth-order valence-corrected chi connectivity index (χ4v) is 2.23. The van der Waals surface area contributed by atoms with Gasteiger partial charge in [0.25, 0.3) is 0 Å². The fraction of sp³-hybridized carbons (Fsp3) is 0.357. The van der Waals surface area contributed by atoms with Gasteiger partial charge in [0.15, 0.2) is 0 Å². The van der Waals surface area contributed by atoms with Crippen LogP contribution in [0.4, 0.5) is 0 Å². The lowest BCUT2D eigenvalue weighted by atomic mass is 10.0. The van der Waals surface area contributed by atoms with Crippen molar-refractivity contribution < 1.29 is 9.90 Å². The van der Waals surface area contributed by atoms with Gasteiger partial charge in [-0.2, -0.15) is 5.10 Å². The number of aromatic nitrogens is 3. The normalized spacial score (nSPS) is 10.8. The minimum Gasteiger partial charge on any atom is -0.477 e. The van der Waals surface area contributed by atoms with Crippen molar-refractivity contribution in [3.8, 4) is 11.4 Å². The predicted octanol–water partition coefficient (Wildman–Crippen LogP) is 2.41. The van der Waals surface area contributed by atoms with Gasteiger partial charge in [-0.25, -0.2) is 4.79 Å². The van der Waals surface area contributed by atoms with E-state index in [2.05, 4.69) is 10.1 Å². The van der Waals surface area contributed by atoms with E-state index in [1.807, 2.05) is 26.8 Å². The topological polar surface area (TPSA) is 68.0 Å². The molecule has 0 saturated heterocycles. The molecule has 0 amide bonds. The molecule has 5 heteroatoms. The summed E-state index contributed by atoms with van der Waals surface area (Å²) in [4.78, 5) is 15.8. The number of aromatic carboxylic acids is 1. The van der Waals surface area contributed by atoms with Crippen LogP contribution in [-0.2, 0) is 7.05 Å². The van der Waals surface area contributed by atoms with Gasteiger partial charge in [-0.05, 0) is 38.8 Å². The molecule has 0 fully saturated rings. The monoisotopic (exact) mass is 259 g/mol. The minimum atomic E-state index is -0.972. The smallest absolute Gasteiger partial charge is 0.354 e. The average molecular weight is 259 g/mol. The molecule has 5 nitrogen and oxygen atoms in total. The molecule has 2 heterocycles. The first kappa shape index (κ1) is 13.3. The Balaban J connectivity index is 2.70. The summed E-state index contributed by atoms with van der Waals surface area (Å²) in [6.45, 7) is 7.67. The van der Waals surface area contributed by atoms with Gasteiger partial charge >= 0.3 is 5.97 Å². The Hall–Kier alpha value is -2.17. The zero-order valence-corrected chi connectivity index (χ0v) is 11.8. The van der Waals surface area contributed by atoms with Crippen LogP contribution in [0.5, 0.6) is 0 Å². The standard InChI is InChI=1S/C14H17N3O2/c1-7-6-8(2)11(15-10(7)4)12-9(3)13(14(18)19)17(5)16-12/h6H,1-5H3,(H,18,19). The largest absolute Gasteiger partial charge is 0.477 e. The number of nitrogens with zero attached hydrogens (tertiary/aromatic N) is 3. The molecule has 0 aliphatic heterocycles. The second kappa shape index (κ2) is 4.50. The summed E-state index contributed by atoms with van der Waals surface area (Å²) in [5.41, 5.74) is 5.30. The fourth-order valence-electron chi connectivity index (χ4n) is 2.23. The molecule has 0 radical (unpaired) electrons. The molecule has 2 rings (SSSR count). The molecule has 0 aliphatic carbocycles. The van der Waals surface area contributed by atoms with E-state index in [1.165, 1.54) is 4.68 Å². The molecule has 0 aliphatic rings. The summed E-state index contributed by atoms with van der Waals surface area (Å²) in [5, 5.41) is 13.5. The van der Waals surface area contributed by atoms with Crippen LogP contribution in [-0.4, -0.2) is 25.8 Å². The van der Waals surface area contributed by atoms with Crippen LogP contribution in [0.25, 0.3) is 11.4 Å². The lowest BCUT2D eigenvalue weighted by Crippen LogP contribution is -2.06. The number of carboxylic acids is 1. The second-order valence-electron chi connectivity index (χ2n) is 4.81. The van der Waals surface area contributed by atoms with Gasteiger partial charge in [-0.3, -0.25) is 9.67 Å². The van der Waals surface area contributed by atoms with Gasteiger partial charge in [0.2, 0.25) is 0 Å². The maximum absolute atomic E-state index is 11.2. The Morgan fingerprint density at radius 1 is 1.16 bits per heavy atom. The van der Waals surface area contributed by atoms with Crippen LogP contribution in [0.3, 0.4) is 0 Å². The third-order valence-corrected chi connectivity index (χ3v) is 3.37. The molecule has 0 saturated carbocycles. The highest BCUT2D eigenvalue weighted by atomic mass is 16.4. The molecule has 2 aromatic heterocycles. The zero-order chi connectivity index (χ0) is 14.3. The summed E-state index contributed by atoms with van der Waals surface area (Å²) in [6, 6.07) is 2.05. The zero-order valence-electron chi connectivity index (χ0n) is 11.8. The van der Waals surface area contributed by atoms with Gasteiger partial charge in [0.05, 0.1) is 5.69 Å². The molecule has 0 unspecified atom stereocenters. The molecule has 0 aromatic carbocycles. The lowest BCUT2D eigenvalue weighted by molar-refractivity contribution is 0.0684. The first-order valence-corrected chi connectivity index (χ1v) is 6.05. The third kappa shape index (κ3) is 2.12. The van der Waals surface area contributed by atoms with E-state index >= 15 is 0 Å². The number of carbonyl (C=O) groups is 1. The predicted molar refractivity (Wildman–Crippen MR) is 72.3 cm³/mol. The van der Waals surface area contributed by atoms with Gasteiger partial charge in [0, 0.05) is 18.3 Å². The summed E-state index contributed by atoms with van der Waals surface area (Å²) in [5.74, 6) is -0.972. The van der Waals surface area contributed by atoms with Crippen molar-refractivity contribution in [2.24, 2.45) is 7.05 Å². The van der Waals surface area contributed by atoms with Crippen LogP contribution in [0, 0.1) is 27.7 Å². The summed E-state index contributed by atoms with van der Waals surface area (Å²) >= 11 is 0. The van der Waals surface area contributed by atoms with Crippen LogP contribution >= 0.6 is 0 Å². The van der Waals surface area contributed by atoms with E-state index < -0.39 is 5.97 Å². The maximum atomic E-state index is 11.2. The van der Waals surface area contributed by atoms with E-state index in [-0.39, 0.29) is 5.69 Å². The molecular weight excluding hydrogens is 242 g/mol. The maximum Gasteiger partial charge on any atom is 0.354 e. The number of hydrogen-bond acceptors (Lipinski definition) is 3. The molecule has 0 bridgehead atoms. The highest BCUT2D eigenvalue weighted by Gasteiger charge is 2.21. The number of hydrogen-bond donors (Lipinski definition) is 1. The van der Waals surface area contributed by atoms with Gasteiger partial charge in [-0.15, -0.1) is 0 Å². The SMILES string of the molecule is Cc1cc(C)c(-c2nn(C)c(C(=O)O)c2C)nc1C. The molecule has 100 valence electrons. The number of aryl methyl sites for hydroxylation is 4. The highest BCUT2D eigenvalue weighted by Crippen LogP contribution is 2.26. The van der Waals surface area contributed by atoms with Crippen molar-refractivity contribution in [3.05, 3.63) is 34.1 Å². The van der Waals surface area contributed by atoms with Crippen LogP contribution in [0.15, 0.2) is 6.07 Å². The van der Waals surface area contributed by atoms with Gasteiger partial charge < -0.3 is 5.11 Å². The Kier molecular flexibility index (Phi) is 3.14. The summed E-state index contributed by atoms with van der Waals surface area (Å²) in [6.07, 6.45) is 0. The van der Waals surface area contributed by atoms with E-state index in [1.54, 1.807) is 14.0 Å². The molecule has 1 N–H and O–H groups in total. The highest BCUT2D eigenvalue weighted by molar-refractivity contribution is 5.89. The van der Waals surface area contributed by atoms with Crippen molar-refractivity contribution in [2.45, 2.75) is 27.7 Å². The van der Waals surface area contributed by atoms with Gasteiger partial charge in [0.1, 0.15) is 11.4 Å². The van der Waals surface area contributed by atoms with E-state index in [4.69, 9.17) is 0 Å². The summed E-state index contributed by atoms with van der Waals surface area (Å²) in [7, 11) is 1.64. The summed E-state index contributed by atoms with van der Waals surface area (Å²) < 4.78 is 1.39. The Morgan fingerprint density at radius 3 is 2.32 bits per heavy atom. The van der Waals surface area contributed by atoms with Crippen molar-refractivity contribution in [1.29, 1.82) is 0 Å². The molecule has 19 heavy (non-hydrogen) atoms. The quantitative estimate of drug-likeness (QED) is 0.899. The minimum absolute atomic E-state index is 0.203. The van der Waals surface area contributed by atoms with Crippen molar-refractivity contribution in [1.82, 2.24) is 14.8 Å². The lowest BCUT2D eigenvalue weighted by Gasteiger charge is -2.07. The van der Waals surface area contributed by atoms with E-state index in [9.17, 15) is 9.90 Å². The Bertz CT molecular complexity index is 672. The van der Waals surface area contributed by atoms with E-state index in [0.29, 0.717) is 11.3 Å². The van der Waals surface area contributed by atoms with Crippen LogP contribution in [0.1, 0.15) is 32.9 Å². The molecular formula is C14H17N3O2. The van der Waals surface area contributed by atoms with Crippen LogP contribution in [0.2, 0.25) is 0 Å². The number of pyridine rings is 1. The number of carboxylic acid groups (broad SMARTS) is 1. The second-order valence-corrected chi connectivity index (χ2v) is 4.81. The number of rotatable bonds is 2. The third-order valence-electron chi connectivity index (χ3n) is 3.37. The van der Waals surface area contributed by atoms with Crippen molar-refractivity contribution >= 4 is 5.97 Å². The molecule has 0 spiro atoms. The Labute approximate surface area is 111 Å². The van der Waals surface area contributed by atoms with E-state index in [0.717, 1.165) is 22.5 Å². The Morgan fingerprint density at radius 2 is 1.79 bits per heavy atom. The van der Waals surface area contributed by atoms with Crippen LogP contribution < -0.4 is 0 Å². The van der Waals surface area contributed by atoms with Gasteiger partial charge in [-0.1, -0.05) is 6.07 Å². The van der Waals surface area contributed by atoms with Crippen molar-refractivity contribution in [3.63, 3.8) is 0 Å². The van der Waals surface area contributed by atoms with Crippen molar-refractivity contribution in [2.75, 3.05) is 0 Å². The molecule has 2 aromatic rings. The molecule has 0 atom stereocenters.